The fourth-order valence-electron chi connectivity index (χ4n) is 4.75. The van der Waals surface area contributed by atoms with E-state index < -0.39 is 6.04 Å². The number of halogens is 1. The first kappa shape index (κ1) is 25.0. The molecule has 0 bridgehead atoms. The fraction of sp³-hybridized carbons (Fsp3) is 0.462. The van der Waals surface area contributed by atoms with Gasteiger partial charge in [-0.05, 0) is 70.2 Å². The van der Waals surface area contributed by atoms with Gasteiger partial charge in [-0.15, -0.1) is 0 Å². The molecule has 4 rings (SSSR count). The van der Waals surface area contributed by atoms with Crippen LogP contribution in [0.2, 0.25) is 5.02 Å². The molecule has 35 heavy (non-hydrogen) atoms. The Hall–Kier alpha value is -3.13. The van der Waals surface area contributed by atoms with Crippen LogP contribution in [-0.4, -0.2) is 50.0 Å². The van der Waals surface area contributed by atoms with Gasteiger partial charge in [0.2, 0.25) is 11.8 Å². The molecule has 1 aliphatic rings. The number of likely N-dealkylation sites (tertiary alicyclic amines) is 1. The van der Waals surface area contributed by atoms with Gasteiger partial charge >= 0.3 is 0 Å². The number of carbonyl (C=O) groups is 2. The van der Waals surface area contributed by atoms with Crippen LogP contribution >= 0.6 is 11.6 Å². The Morgan fingerprint density at radius 2 is 1.86 bits per heavy atom. The number of hydrogen-bond donors (Lipinski definition) is 1. The van der Waals surface area contributed by atoms with Crippen LogP contribution in [0.25, 0.3) is 16.7 Å². The number of aromatic nitrogens is 3. The maximum absolute atomic E-state index is 13.3. The molecule has 0 saturated carbocycles. The van der Waals surface area contributed by atoms with E-state index in [0.29, 0.717) is 16.1 Å². The minimum absolute atomic E-state index is 0.0537. The number of aryl methyl sites for hydroxylation is 3. The van der Waals surface area contributed by atoms with Crippen molar-refractivity contribution in [1.82, 2.24) is 24.3 Å². The third-order valence-electron chi connectivity index (χ3n) is 6.89. The SMILES string of the molecule is Cc1ccc(Cl)cc1-n1c(C)c(C)c2c(=O)n(CCC(=O)N[C@@H](C)C(=O)N3CCCCC3)cnc21. The standard InChI is InChI=1S/C26H32ClN5O3/c1-16-8-9-20(27)14-21(16)32-19(4)17(2)23-24(32)28-15-31(26(23)35)13-10-22(33)29-18(3)25(34)30-11-6-5-7-12-30/h8-9,14-15,18H,5-7,10-13H2,1-4H3,(H,29,33)/t18-/m0/s1. The van der Waals surface area contributed by atoms with Crippen molar-refractivity contribution in [2.75, 3.05) is 13.1 Å². The molecule has 1 atom stereocenters. The number of fused-ring (bicyclic) bond motifs is 1. The number of hydrogen-bond acceptors (Lipinski definition) is 4. The van der Waals surface area contributed by atoms with Gasteiger partial charge < -0.3 is 10.2 Å². The molecule has 2 amide bonds. The van der Waals surface area contributed by atoms with Gasteiger partial charge in [0.15, 0.2) is 5.65 Å². The van der Waals surface area contributed by atoms with Crippen molar-refractivity contribution < 1.29 is 9.59 Å². The number of nitrogens with zero attached hydrogens (tertiary/aromatic N) is 4. The van der Waals surface area contributed by atoms with E-state index in [4.69, 9.17) is 11.6 Å². The zero-order valence-electron chi connectivity index (χ0n) is 20.7. The molecule has 8 nitrogen and oxygen atoms in total. The summed E-state index contributed by atoms with van der Waals surface area (Å²) in [5.74, 6) is -0.322. The third kappa shape index (κ3) is 4.98. The molecule has 2 aromatic heterocycles. The zero-order valence-corrected chi connectivity index (χ0v) is 21.5. The van der Waals surface area contributed by atoms with Crippen LogP contribution in [0.3, 0.4) is 0 Å². The van der Waals surface area contributed by atoms with Crippen LogP contribution in [0.1, 0.15) is 49.4 Å². The average Bonchev–Trinajstić information content (AvgIpc) is 3.10. The fourth-order valence-corrected chi connectivity index (χ4v) is 4.92. The largest absolute Gasteiger partial charge is 0.345 e. The van der Waals surface area contributed by atoms with Crippen LogP contribution in [0.5, 0.6) is 0 Å². The Balaban J connectivity index is 1.52. The summed E-state index contributed by atoms with van der Waals surface area (Å²) in [4.78, 5) is 44.9. The Kier molecular flexibility index (Phi) is 7.31. The first-order valence-corrected chi connectivity index (χ1v) is 12.5. The van der Waals surface area contributed by atoms with Crippen LogP contribution in [0.15, 0.2) is 29.3 Å². The van der Waals surface area contributed by atoms with E-state index in [1.807, 2.05) is 48.4 Å². The number of rotatable bonds is 6. The molecule has 9 heteroatoms. The van der Waals surface area contributed by atoms with Gasteiger partial charge in [-0.25, -0.2) is 4.98 Å². The van der Waals surface area contributed by atoms with E-state index in [1.165, 1.54) is 10.9 Å². The molecule has 0 radical (unpaired) electrons. The van der Waals surface area contributed by atoms with Crippen molar-refractivity contribution in [3.05, 3.63) is 56.7 Å². The van der Waals surface area contributed by atoms with E-state index in [-0.39, 0.29) is 30.3 Å². The lowest BCUT2D eigenvalue weighted by Gasteiger charge is -2.29. The summed E-state index contributed by atoms with van der Waals surface area (Å²) in [6.07, 6.45) is 4.70. The number of amides is 2. The number of carbonyl (C=O) groups excluding carboxylic acids is 2. The molecule has 3 aromatic rings. The lowest BCUT2D eigenvalue weighted by Crippen LogP contribution is -2.48. The van der Waals surface area contributed by atoms with Crippen molar-refractivity contribution in [3.8, 4) is 5.69 Å². The van der Waals surface area contributed by atoms with E-state index in [0.717, 1.165) is 54.9 Å². The number of piperidine rings is 1. The predicted molar refractivity (Wildman–Crippen MR) is 137 cm³/mol. The molecule has 1 fully saturated rings. The molecule has 0 unspecified atom stereocenters. The van der Waals surface area contributed by atoms with E-state index in [9.17, 15) is 14.4 Å². The maximum atomic E-state index is 13.3. The predicted octanol–water partition coefficient (Wildman–Crippen LogP) is 3.67. The summed E-state index contributed by atoms with van der Waals surface area (Å²) in [7, 11) is 0. The molecule has 0 spiro atoms. The van der Waals surface area contributed by atoms with Crippen molar-refractivity contribution in [1.29, 1.82) is 0 Å². The highest BCUT2D eigenvalue weighted by Gasteiger charge is 2.24. The molecule has 186 valence electrons. The van der Waals surface area contributed by atoms with Gasteiger partial charge in [0.05, 0.1) is 17.4 Å². The number of benzene rings is 1. The van der Waals surface area contributed by atoms with Crippen LogP contribution in [0, 0.1) is 20.8 Å². The molecular weight excluding hydrogens is 466 g/mol. The third-order valence-corrected chi connectivity index (χ3v) is 7.13. The van der Waals surface area contributed by atoms with Crippen molar-refractivity contribution >= 4 is 34.4 Å². The molecule has 3 heterocycles. The van der Waals surface area contributed by atoms with Gasteiger partial charge in [-0.1, -0.05) is 17.7 Å². The molecule has 1 aliphatic heterocycles. The van der Waals surface area contributed by atoms with Crippen molar-refractivity contribution in [3.63, 3.8) is 0 Å². The highest BCUT2D eigenvalue weighted by Crippen LogP contribution is 2.28. The Labute approximate surface area is 209 Å². The summed E-state index contributed by atoms with van der Waals surface area (Å²) in [6.45, 7) is 9.22. The van der Waals surface area contributed by atoms with Gasteiger partial charge in [-0.2, -0.15) is 0 Å². The Morgan fingerprint density at radius 3 is 2.57 bits per heavy atom. The summed E-state index contributed by atoms with van der Waals surface area (Å²) >= 11 is 6.24. The number of nitrogens with one attached hydrogen (secondary N) is 1. The zero-order chi connectivity index (χ0) is 25.3. The summed E-state index contributed by atoms with van der Waals surface area (Å²) < 4.78 is 3.42. The van der Waals surface area contributed by atoms with Gasteiger partial charge in [0, 0.05) is 36.8 Å². The maximum Gasteiger partial charge on any atom is 0.263 e. The summed E-state index contributed by atoms with van der Waals surface area (Å²) in [5, 5.41) is 3.91. The second-order valence-corrected chi connectivity index (χ2v) is 9.78. The van der Waals surface area contributed by atoms with Crippen LogP contribution in [-0.2, 0) is 16.1 Å². The highest BCUT2D eigenvalue weighted by molar-refractivity contribution is 6.30. The summed E-state index contributed by atoms with van der Waals surface area (Å²) in [6, 6.07) is 5.06. The second kappa shape index (κ2) is 10.2. The molecule has 1 saturated heterocycles. The minimum atomic E-state index is -0.585. The molecule has 1 aromatic carbocycles. The average molecular weight is 498 g/mol. The molecular formula is C26H32ClN5O3. The minimum Gasteiger partial charge on any atom is -0.345 e. The van der Waals surface area contributed by atoms with E-state index >= 15 is 0 Å². The quantitative estimate of drug-likeness (QED) is 0.562. The second-order valence-electron chi connectivity index (χ2n) is 9.34. The smallest absolute Gasteiger partial charge is 0.263 e. The lowest BCUT2D eigenvalue weighted by atomic mass is 10.1. The summed E-state index contributed by atoms with van der Waals surface area (Å²) in [5.41, 5.74) is 4.03. The van der Waals surface area contributed by atoms with Crippen molar-refractivity contribution in [2.24, 2.45) is 0 Å². The van der Waals surface area contributed by atoms with E-state index in [1.54, 1.807) is 6.92 Å². The first-order chi connectivity index (χ1) is 16.7. The van der Waals surface area contributed by atoms with Gasteiger partial charge in [0.1, 0.15) is 6.04 Å². The highest BCUT2D eigenvalue weighted by atomic mass is 35.5. The van der Waals surface area contributed by atoms with Gasteiger partial charge in [-0.3, -0.25) is 23.5 Å². The monoisotopic (exact) mass is 497 g/mol. The van der Waals surface area contributed by atoms with Crippen molar-refractivity contribution in [2.45, 2.75) is 66.0 Å². The lowest BCUT2D eigenvalue weighted by molar-refractivity contribution is -0.136. The van der Waals surface area contributed by atoms with Crippen LogP contribution < -0.4 is 10.9 Å². The normalized spacial score (nSPS) is 14.8. The molecule has 1 N–H and O–H groups in total. The van der Waals surface area contributed by atoms with E-state index in [2.05, 4.69) is 10.3 Å². The Bertz CT molecular complexity index is 1340. The first-order valence-electron chi connectivity index (χ1n) is 12.1. The molecule has 0 aliphatic carbocycles. The van der Waals surface area contributed by atoms with Crippen LogP contribution in [0.4, 0.5) is 0 Å². The topological polar surface area (TPSA) is 89.2 Å². The van der Waals surface area contributed by atoms with Gasteiger partial charge in [0.25, 0.3) is 5.56 Å². The Morgan fingerprint density at radius 1 is 1.14 bits per heavy atom.